The standard InChI is InChI=1S/C33H40N2O4.C2H6O/c1-25(2)18-19-28(20-21-29(34-32(37)17-10-22-36)23-26-11-5-3-6-12-26)35-33(38)27-13-9-16-31(24-27)39-30-14-7-4-8-15-30;1-3-2/h3-9,11-16,22,24-25,28-29H,10,17-21,23H2,1-2H3,(H,34,37)(H,35,38);1-2H3. The Kier molecular flexibility index (Phi) is 16.3. The maximum Gasteiger partial charge on any atom is 0.251 e. The lowest BCUT2D eigenvalue weighted by Crippen LogP contribution is -2.40. The molecule has 0 fully saturated rings. The van der Waals surface area contributed by atoms with Gasteiger partial charge in [-0.25, -0.2) is 0 Å². The zero-order chi connectivity index (χ0) is 30.6. The van der Waals surface area contributed by atoms with Gasteiger partial charge in [0.1, 0.15) is 17.8 Å². The first-order valence-corrected chi connectivity index (χ1v) is 14.7. The molecule has 2 N–H and O–H groups in total. The molecule has 2 unspecified atom stereocenters. The second-order valence-corrected chi connectivity index (χ2v) is 10.7. The highest BCUT2D eigenvalue weighted by Crippen LogP contribution is 2.22. The SMILES string of the molecule is CC(C)CCC(CCC(Cc1ccccc1)NC(=O)CCC=O)NC(=O)c1cccc(Oc2ccccc2)c1.COC. The Morgan fingerprint density at radius 2 is 1.36 bits per heavy atom. The quantitative estimate of drug-likeness (QED) is 0.184. The number of methoxy groups -OCH3 is 1. The van der Waals surface area contributed by atoms with Crippen molar-refractivity contribution in [3.05, 3.63) is 96.1 Å². The van der Waals surface area contributed by atoms with Crippen molar-refractivity contribution in [1.29, 1.82) is 0 Å². The summed E-state index contributed by atoms with van der Waals surface area (Å²) in [7, 11) is 3.25. The molecule has 0 aliphatic carbocycles. The molecule has 0 saturated carbocycles. The molecule has 0 heterocycles. The Labute approximate surface area is 251 Å². The first kappa shape index (κ1) is 34.2. The van der Waals surface area contributed by atoms with Crippen LogP contribution in [0, 0.1) is 5.92 Å². The predicted molar refractivity (Wildman–Crippen MR) is 168 cm³/mol. The Morgan fingerprint density at radius 1 is 0.762 bits per heavy atom. The van der Waals surface area contributed by atoms with E-state index in [4.69, 9.17) is 4.74 Å². The number of carbonyl (C=O) groups excluding carboxylic acids is 3. The van der Waals surface area contributed by atoms with E-state index < -0.39 is 0 Å². The molecular weight excluding hydrogens is 528 g/mol. The molecule has 42 heavy (non-hydrogen) atoms. The van der Waals surface area contributed by atoms with Gasteiger partial charge in [0.25, 0.3) is 5.91 Å². The molecule has 0 aliphatic heterocycles. The van der Waals surface area contributed by atoms with Gasteiger partial charge in [0.15, 0.2) is 0 Å². The van der Waals surface area contributed by atoms with Gasteiger partial charge in [0, 0.05) is 44.7 Å². The number of benzene rings is 3. The Bertz CT molecular complexity index is 1180. The maximum atomic E-state index is 13.3. The average molecular weight is 575 g/mol. The van der Waals surface area contributed by atoms with Gasteiger partial charge >= 0.3 is 0 Å². The zero-order valence-corrected chi connectivity index (χ0v) is 25.4. The number of hydrogen-bond donors (Lipinski definition) is 2. The second kappa shape index (κ2) is 20.0. The van der Waals surface area contributed by atoms with Crippen LogP contribution in [0.4, 0.5) is 0 Å². The molecule has 0 saturated heterocycles. The summed E-state index contributed by atoms with van der Waals surface area (Å²) >= 11 is 0. The summed E-state index contributed by atoms with van der Waals surface area (Å²) < 4.78 is 10.2. The van der Waals surface area contributed by atoms with E-state index in [1.54, 1.807) is 26.4 Å². The van der Waals surface area contributed by atoms with Crippen molar-refractivity contribution in [2.24, 2.45) is 5.92 Å². The van der Waals surface area contributed by atoms with Crippen LogP contribution in [0.25, 0.3) is 0 Å². The molecule has 2 atom stereocenters. The summed E-state index contributed by atoms with van der Waals surface area (Å²) in [5, 5.41) is 6.34. The van der Waals surface area contributed by atoms with Gasteiger partial charge in [0.05, 0.1) is 0 Å². The topological polar surface area (TPSA) is 93.7 Å². The zero-order valence-electron chi connectivity index (χ0n) is 25.4. The molecule has 0 aromatic heterocycles. The van der Waals surface area contributed by atoms with Gasteiger partial charge in [-0.1, -0.05) is 68.4 Å². The molecular formula is C35H46N2O5. The molecule has 3 aromatic carbocycles. The minimum Gasteiger partial charge on any atom is -0.457 e. The van der Waals surface area contributed by atoms with E-state index >= 15 is 0 Å². The third-order valence-electron chi connectivity index (χ3n) is 6.55. The number of rotatable bonds is 16. The van der Waals surface area contributed by atoms with Crippen LogP contribution < -0.4 is 15.4 Å². The summed E-state index contributed by atoms with van der Waals surface area (Å²) in [5.74, 6) is 1.56. The molecule has 7 heteroatoms. The van der Waals surface area contributed by atoms with Crippen LogP contribution in [0.3, 0.4) is 0 Å². The van der Waals surface area contributed by atoms with E-state index in [1.165, 1.54) is 0 Å². The van der Waals surface area contributed by atoms with Crippen LogP contribution >= 0.6 is 0 Å². The molecule has 3 aromatic rings. The molecule has 0 bridgehead atoms. The lowest BCUT2D eigenvalue weighted by molar-refractivity contribution is -0.123. The lowest BCUT2D eigenvalue weighted by atomic mass is 9.95. The minimum absolute atomic E-state index is 0.0382. The third-order valence-corrected chi connectivity index (χ3v) is 6.55. The van der Waals surface area contributed by atoms with Crippen LogP contribution in [-0.2, 0) is 20.7 Å². The highest BCUT2D eigenvalue weighted by Gasteiger charge is 2.19. The van der Waals surface area contributed by atoms with Crippen molar-refractivity contribution < 1.29 is 23.9 Å². The molecule has 3 rings (SSSR count). The van der Waals surface area contributed by atoms with Gasteiger partial charge in [-0.05, 0) is 73.9 Å². The monoisotopic (exact) mass is 574 g/mol. The Balaban J connectivity index is 0.00000197. The molecule has 7 nitrogen and oxygen atoms in total. The largest absolute Gasteiger partial charge is 0.457 e. The van der Waals surface area contributed by atoms with Gasteiger partial charge in [-0.15, -0.1) is 0 Å². The molecule has 2 amide bonds. The van der Waals surface area contributed by atoms with Gasteiger partial charge in [-0.2, -0.15) is 0 Å². The van der Waals surface area contributed by atoms with Crippen LogP contribution in [-0.4, -0.2) is 44.4 Å². The normalized spacial score (nSPS) is 11.9. The Morgan fingerprint density at radius 3 is 2.00 bits per heavy atom. The van der Waals surface area contributed by atoms with E-state index in [2.05, 4.69) is 29.2 Å². The number of para-hydroxylation sites is 1. The lowest BCUT2D eigenvalue weighted by Gasteiger charge is -2.24. The fraction of sp³-hybridized carbons (Fsp3) is 0.400. The smallest absolute Gasteiger partial charge is 0.251 e. The Hall–Kier alpha value is -3.97. The predicted octanol–water partition coefficient (Wildman–Crippen LogP) is 6.76. The van der Waals surface area contributed by atoms with Crippen molar-refractivity contribution in [3.63, 3.8) is 0 Å². The van der Waals surface area contributed by atoms with E-state index in [0.29, 0.717) is 35.8 Å². The fourth-order valence-electron chi connectivity index (χ4n) is 4.43. The van der Waals surface area contributed by atoms with Crippen molar-refractivity contribution in [3.8, 4) is 11.5 Å². The van der Waals surface area contributed by atoms with Gasteiger partial charge in [-0.3, -0.25) is 9.59 Å². The number of nitrogens with one attached hydrogen (secondary N) is 2. The van der Waals surface area contributed by atoms with E-state index in [9.17, 15) is 14.4 Å². The summed E-state index contributed by atoms with van der Waals surface area (Å²) in [5.41, 5.74) is 1.68. The summed E-state index contributed by atoms with van der Waals surface area (Å²) in [6.07, 6.45) is 5.12. The van der Waals surface area contributed by atoms with E-state index in [-0.39, 0.29) is 36.7 Å². The number of hydrogen-bond acceptors (Lipinski definition) is 5. The minimum atomic E-state index is -0.142. The summed E-state index contributed by atoms with van der Waals surface area (Å²) in [6.45, 7) is 4.35. The van der Waals surface area contributed by atoms with Crippen molar-refractivity contribution >= 4 is 18.1 Å². The number of ether oxygens (including phenoxy) is 2. The fourth-order valence-corrected chi connectivity index (χ4v) is 4.43. The number of amides is 2. The second-order valence-electron chi connectivity index (χ2n) is 10.7. The van der Waals surface area contributed by atoms with Gasteiger partial charge in [0.2, 0.25) is 5.91 Å². The third kappa shape index (κ3) is 14.1. The van der Waals surface area contributed by atoms with Crippen molar-refractivity contribution in [2.75, 3.05) is 14.2 Å². The first-order chi connectivity index (χ1) is 20.3. The van der Waals surface area contributed by atoms with Gasteiger partial charge < -0.3 is 24.9 Å². The van der Waals surface area contributed by atoms with E-state index in [0.717, 1.165) is 31.1 Å². The molecule has 0 aliphatic rings. The van der Waals surface area contributed by atoms with Crippen molar-refractivity contribution in [2.45, 2.75) is 70.9 Å². The van der Waals surface area contributed by atoms with Crippen LogP contribution in [0.1, 0.15) is 68.3 Å². The molecule has 0 radical (unpaired) electrons. The average Bonchev–Trinajstić information content (AvgIpc) is 2.98. The highest BCUT2D eigenvalue weighted by molar-refractivity contribution is 5.94. The van der Waals surface area contributed by atoms with Crippen LogP contribution in [0.15, 0.2) is 84.9 Å². The maximum absolute atomic E-state index is 13.3. The number of aldehydes is 1. The van der Waals surface area contributed by atoms with Crippen LogP contribution in [0.5, 0.6) is 11.5 Å². The van der Waals surface area contributed by atoms with E-state index in [1.807, 2.05) is 72.8 Å². The van der Waals surface area contributed by atoms with Crippen LogP contribution in [0.2, 0.25) is 0 Å². The van der Waals surface area contributed by atoms with Crippen molar-refractivity contribution in [1.82, 2.24) is 10.6 Å². The molecule has 0 spiro atoms. The highest BCUT2D eigenvalue weighted by atomic mass is 16.5. The molecule has 226 valence electrons. The number of carbonyl (C=O) groups is 3. The summed E-state index contributed by atoms with van der Waals surface area (Å²) in [4.78, 5) is 36.4. The summed E-state index contributed by atoms with van der Waals surface area (Å²) in [6, 6.07) is 26.6. The first-order valence-electron chi connectivity index (χ1n) is 14.7.